The van der Waals surface area contributed by atoms with Gasteiger partial charge in [0.2, 0.25) is 5.95 Å². The van der Waals surface area contributed by atoms with Crippen LogP contribution >= 0.6 is 0 Å². The Morgan fingerprint density at radius 2 is 2.23 bits per heavy atom. The van der Waals surface area contributed by atoms with Crippen LogP contribution in [-0.4, -0.2) is 46.0 Å². The first-order chi connectivity index (χ1) is 12.7. The lowest BCUT2D eigenvalue weighted by molar-refractivity contribution is 0.0985. The monoisotopic (exact) mass is 353 g/mol. The van der Waals surface area contributed by atoms with E-state index in [-0.39, 0.29) is 6.04 Å². The molecule has 0 radical (unpaired) electrons. The topological polar surface area (TPSA) is 103 Å². The minimum absolute atomic E-state index is 0.230. The van der Waals surface area contributed by atoms with Gasteiger partial charge in [0.1, 0.15) is 11.6 Å². The first-order valence-corrected chi connectivity index (χ1v) is 9.12. The van der Waals surface area contributed by atoms with Crippen molar-refractivity contribution in [3.05, 3.63) is 24.0 Å². The molecule has 0 spiro atoms. The molecule has 136 valence electrons. The molecular weight excluding hydrogens is 330 g/mol. The Hall–Kier alpha value is -2.66. The Bertz CT molecular complexity index is 792. The summed E-state index contributed by atoms with van der Waals surface area (Å²) in [5.74, 6) is 2.05. The SMILES string of the molecule is C[C@@H]1COCCN1c1cc(C2(C#N)CCCC2)nc(Nc2ccn[nH]2)n1. The van der Waals surface area contributed by atoms with Crippen LogP contribution in [0.1, 0.15) is 38.3 Å². The van der Waals surface area contributed by atoms with Crippen LogP contribution in [0, 0.1) is 11.3 Å². The van der Waals surface area contributed by atoms with Crippen molar-refractivity contribution in [1.29, 1.82) is 5.26 Å². The molecular formula is C18H23N7O. The van der Waals surface area contributed by atoms with Crippen LogP contribution < -0.4 is 10.2 Å². The molecule has 2 aromatic rings. The van der Waals surface area contributed by atoms with Gasteiger partial charge < -0.3 is 15.0 Å². The van der Waals surface area contributed by atoms with Gasteiger partial charge in [-0.1, -0.05) is 12.8 Å². The number of aromatic amines is 1. The number of morpholine rings is 1. The Morgan fingerprint density at radius 3 is 2.92 bits per heavy atom. The summed E-state index contributed by atoms with van der Waals surface area (Å²) >= 11 is 0. The first kappa shape index (κ1) is 16.8. The number of hydrogen-bond acceptors (Lipinski definition) is 7. The van der Waals surface area contributed by atoms with Gasteiger partial charge in [-0.3, -0.25) is 5.10 Å². The normalized spacial score (nSPS) is 22.2. The summed E-state index contributed by atoms with van der Waals surface area (Å²) in [5, 5.41) is 19.9. The van der Waals surface area contributed by atoms with Crippen LogP contribution in [0.5, 0.6) is 0 Å². The molecule has 2 fully saturated rings. The predicted molar refractivity (Wildman–Crippen MR) is 97.3 cm³/mol. The zero-order chi connectivity index (χ0) is 18.0. The molecule has 0 unspecified atom stereocenters. The van der Waals surface area contributed by atoms with Gasteiger partial charge in [0, 0.05) is 18.7 Å². The maximum absolute atomic E-state index is 9.89. The number of hydrogen-bond donors (Lipinski definition) is 2. The standard InChI is InChI=1S/C18H23N7O/c1-13-11-26-9-8-25(13)16-10-14(18(12-19)5-2-3-6-18)21-17(23-16)22-15-4-7-20-24-15/h4,7,10,13H,2-3,5-6,8-9,11H2,1H3,(H2,20,21,22,23,24)/t13-/m1/s1. The third kappa shape index (κ3) is 3.10. The predicted octanol–water partition coefficient (Wildman–Crippen LogP) is 2.50. The summed E-state index contributed by atoms with van der Waals surface area (Å²) in [6.45, 7) is 4.25. The average molecular weight is 353 g/mol. The number of anilines is 3. The number of nitriles is 1. The lowest BCUT2D eigenvalue weighted by atomic mass is 9.84. The minimum atomic E-state index is -0.516. The van der Waals surface area contributed by atoms with E-state index < -0.39 is 5.41 Å². The highest BCUT2D eigenvalue weighted by molar-refractivity contribution is 5.54. The Labute approximate surface area is 152 Å². The fourth-order valence-electron chi connectivity index (χ4n) is 3.80. The molecule has 26 heavy (non-hydrogen) atoms. The molecule has 0 bridgehead atoms. The van der Waals surface area contributed by atoms with Crippen LogP contribution in [0.25, 0.3) is 0 Å². The van der Waals surface area contributed by atoms with Crippen molar-refractivity contribution in [3.63, 3.8) is 0 Å². The third-order valence-electron chi connectivity index (χ3n) is 5.28. The van der Waals surface area contributed by atoms with Gasteiger partial charge in [-0.05, 0) is 19.8 Å². The van der Waals surface area contributed by atoms with Crippen LogP contribution in [0.2, 0.25) is 0 Å². The highest BCUT2D eigenvalue weighted by Crippen LogP contribution is 2.41. The molecule has 1 saturated heterocycles. The molecule has 8 heteroatoms. The summed E-state index contributed by atoms with van der Waals surface area (Å²) in [6.07, 6.45) is 5.49. The van der Waals surface area contributed by atoms with Crippen molar-refractivity contribution in [2.45, 2.75) is 44.1 Å². The van der Waals surface area contributed by atoms with Crippen LogP contribution in [0.4, 0.5) is 17.6 Å². The zero-order valence-electron chi connectivity index (χ0n) is 14.9. The summed E-state index contributed by atoms with van der Waals surface area (Å²) in [6, 6.07) is 6.59. The number of ether oxygens (including phenoxy) is 1. The van der Waals surface area contributed by atoms with E-state index in [4.69, 9.17) is 14.7 Å². The Morgan fingerprint density at radius 1 is 1.38 bits per heavy atom. The number of nitrogens with one attached hydrogen (secondary N) is 2. The van der Waals surface area contributed by atoms with E-state index >= 15 is 0 Å². The molecule has 0 amide bonds. The van der Waals surface area contributed by atoms with E-state index in [1.54, 1.807) is 6.20 Å². The van der Waals surface area contributed by atoms with Crippen molar-refractivity contribution in [3.8, 4) is 6.07 Å². The Balaban J connectivity index is 1.75. The maximum atomic E-state index is 9.89. The van der Waals surface area contributed by atoms with E-state index in [2.05, 4.69) is 33.4 Å². The third-order valence-corrected chi connectivity index (χ3v) is 5.28. The molecule has 2 aromatic heterocycles. The van der Waals surface area contributed by atoms with Crippen LogP contribution in [0.3, 0.4) is 0 Å². The second-order valence-electron chi connectivity index (χ2n) is 7.05. The van der Waals surface area contributed by atoms with Crippen LogP contribution in [-0.2, 0) is 10.2 Å². The van der Waals surface area contributed by atoms with E-state index in [9.17, 15) is 5.26 Å². The number of rotatable bonds is 4. The van der Waals surface area contributed by atoms with Crippen molar-refractivity contribution in [1.82, 2.24) is 20.2 Å². The van der Waals surface area contributed by atoms with Gasteiger partial charge in [-0.25, -0.2) is 4.98 Å². The molecule has 4 rings (SSSR count). The summed E-state index contributed by atoms with van der Waals surface area (Å²) in [4.78, 5) is 11.6. The molecule has 1 saturated carbocycles. The largest absolute Gasteiger partial charge is 0.377 e. The highest BCUT2D eigenvalue weighted by Gasteiger charge is 2.38. The first-order valence-electron chi connectivity index (χ1n) is 9.12. The summed E-state index contributed by atoms with van der Waals surface area (Å²) < 4.78 is 5.55. The molecule has 1 aliphatic heterocycles. The van der Waals surface area contributed by atoms with Crippen molar-refractivity contribution < 1.29 is 4.74 Å². The maximum Gasteiger partial charge on any atom is 0.230 e. The summed E-state index contributed by atoms with van der Waals surface area (Å²) in [5.41, 5.74) is 0.292. The average Bonchev–Trinajstić information content (AvgIpc) is 3.34. The number of aromatic nitrogens is 4. The van der Waals surface area contributed by atoms with E-state index in [1.807, 2.05) is 12.1 Å². The molecule has 0 aromatic carbocycles. The molecule has 1 atom stereocenters. The fraction of sp³-hybridized carbons (Fsp3) is 0.556. The van der Waals surface area contributed by atoms with Gasteiger partial charge in [0.25, 0.3) is 0 Å². The second kappa shape index (κ2) is 6.92. The highest BCUT2D eigenvalue weighted by atomic mass is 16.5. The smallest absolute Gasteiger partial charge is 0.230 e. The second-order valence-corrected chi connectivity index (χ2v) is 7.05. The van der Waals surface area contributed by atoms with Crippen molar-refractivity contribution in [2.24, 2.45) is 0 Å². The zero-order valence-corrected chi connectivity index (χ0v) is 14.9. The van der Waals surface area contributed by atoms with Gasteiger partial charge in [-0.2, -0.15) is 15.3 Å². The molecule has 3 heterocycles. The molecule has 2 aliphatic rings. The molecule has 8 nitrogen and oxygen atoms in total. The van der Waals surface area contributed by atoms with Gasteiger partial charge in [-0.15, -0.1) is 0 Å². The molecule has 2 N–H and O–H groups in total. The van der Waals surface area contributed by atoms with E-state index in [1.165, 1.54) is 0 Å². The fourth-order valence-corrected chi connectivity index (χ4v) is 3.80. The summed E-state index contributed by atoms with van der Waals surface area (Å²) in [7, 11) is 0. The lowest BCUT2D eigenvalue weighted by Gasteiger charge is -2.35. The minimum Gasteiger partial charge on any atom is -0.377 e. The lowest BCUT2D eigenvalue weighted by Crippen LogP contribution is -2.44. The van der Waals surface area contributed by atoms with Gasteiger partial charge >= 0.3 is 0 Å². The molecule has 1 aliphatic carbocycles. The quantitative estimate of drug-likeness (QED) is 0.870. The van der Waals surface area contributed by atoms with Crippen LogP contribution in [0.15, 0.2) is 18.3 Å². The Kier molecular flexibility index (Phi) is 4.47. The van der Waals surface area contributed by atoms with Crippen molar-refractivity contribution >= 4 is 17.6 Å². The van der Waals surface area contributed by atoms with E-state index in [0.29, 0.717) is 19.2 Å². The number of H-pyrrole nitrogens is 1. The van der Waals surface area contributed by atoms with E-state index in [0.717, 1.165) is 49.6 Å². The van der Waals surface area contributed by atoms with Crippen molar-refractivity contribution in [2.75, 3.05) is 30.0 Å². The van der Waals surface area contributed by atoms with Gasteiger partial charge in [0.05, 0.1) is 42.6 Å². The van der Waals surface area contributed by atoms with Gasteiger partial charge in [0.15, 0.2) is 0 Å². The number of nitrogens with zero attached hydrogens (tertiary/aromatic N) is 5.